The van der Waals surface area contributed by atoms with Crippen molar-refractivity contribution >= 4 is 16.6 Å². The van der Waals surface area contributed by atoms with Crippen molar-refractivity contribution in [2.45, 2.75) is 13.5 Å². The lowest BCUT2D eigenvalue weighted by Crippen LogP contribution is -2.40. The van der Waals surface area contributed by atoms with Gasteiger partial charge in [-0.1, -0.05) is 30.3 Å². The molecule has 2 N–H and O–H groups in total. The van der Waals surface area contributed by atoms with Crippen molar-refractivity contribution in [2.24, 2.45) is 0 Å². The lowest BCUT2D eigenvalue weighted by atomic mass is 10.1. The van der Waals surface area contributed by atoms with Crippen molar-refractivity contribution in [3.8, 4) is 11.5 Å². The van der Waals surface area contributed by atoms with Crippen LogP contribution in [0.1, 0.15) is 11.4 Å². The van der Waals surface area contributed by atoms with Gasteiger partial charge in [0.1, 0.15) is 17.3 Å². The number of hydrogen-bond acceptors (Lipinski definition) is 5. The molecule has 0 amide bonds. The van der Waals surface area contributed by atoms with E-state index in [1.54, 1.807) is 24.1 Å². The number of para-hydroxylation sites is 2. The van der Waals surface area contributed by atoms with E-state index in [2.05, 4.69) is 4.98 Å². The first-order chi connectivity index (χ1) is 13.5. The van der Waals surface area contributed by atoms with E-state index < -0.39 is 0 Å². The van der Waals surface area contributed by atoms with Crippen LogP contribution >= 0.6 is 0 Å². The van der Waals surface area contributed by atoms with E-state index in [-0.39, 0.29) is 23.6 Å². The SMILES string of the molecule is Cc1nc2ccccc2c(=O)n1N(Cc1ccc(O)cc1O)c1ccccc1. The van der Waals surface area contributed by atoms with E-state index in [1.807, 2.05) is 48.5 Å². The lowest BCUT2D eigenvalue weighted by Gasteiger charge is -2.28. The summed E-state index contributed by atoms with van der Waals surface area (Å²) in [4.78, 5) is 17.9. The quantitative estimate of drug-likeness (QED) is 0.572. The van der Waals surface area contributed by atoms with Gasteiger partial charge >= 0.3 is 0 Å². The minimum Gasteiger partial charge on any atom is -0.508 e. The van der Waals surface area contributed by atoms with Crippen LogP contribution in [0.25, 0.3) is 10.9 Å². The van der Waals surface area contributed by atoms with Crippen LogP contribution in [0.4, 0.5) is 5.69 Å². The number of anilines is 1. The minimum atomic E-state index is -0.190. The van der Waals surface area contributed by atoms with Gasteiger partial charge in [0.05, 0.1) is 23.1 Å². The van der Waals surface area contributed by atoms with Gasteiger partial charge in [-0.05, 0) is 43.3 Å². The third-order valence-corrected chi connectivity index (χ3v) is 4.60. The zero-order valence-corrected chi connectivity index (χ0v) is 15.3. The highest BCUT2D eigenvalue weighted by Crippen LogP contribution is 2.26. The van der Waals surface area contributed by atoms with E-state index in [9.17, 15) is 15.0 Å². The number of phenols is 2. The Morgan fingerprint density at radius 1 is 0.964 bits per heavy atom. The molecule has 0 saturated carbocycles. The Morgan fingerprint density at radius 3 is 2.43 bits per heavy atom. The van der Waals surface area contributed by atoms with Crippen molar-refractivity contribution in [1.82, 2.24) is 9.66 Å². The molecule has 0 aliphatic rings. The molecule has 1 heterocycles. The molecule has 6 nitrogen and oxygen atoms in total. The van der Waals surface area contributed by atoms with E-state index in [1.165, 1.54) is 16.8 Å². The molecule has 0 unspecified atom stereocenters. The standard InChI is InChI=1S/C22H19N3O3/c1-15-23-20-10-6-5-9-19(20)22(28)25(15)24(17-7-3-2-4-8-17)14-16-11-12-18(26)13-21(16)27/h2-13,26-27H,14H2,1H3. The molecule has 140 valence electrons. The van der Waals surface area contributed by atoms with Crippen LogP contribution < -0.4 is 10.6 Å². The number of aromatic nitrogens is 2. The highest BCUT2D eigenvalue weighted by molar-refractivity contribution is 5.77. The number of rotatable bonds is 4. The highest BCUT2D eigenvalue weighted by Gasteiger charge is 2.18. The molecule has 0 atom stereocenters. The lowest BCUT2D eigenvalue weighted by molar-refractivity contribution is 0.444. The Balaban J connectivity index is 1.92. The van der Waals surface area contributed by atoms with Crippen molar-refractivity contribution in [1.29, 1.82) is 0 Å². The van der Waals surface area contributed by atoms with Gasteiger partial charge in [0.15, 0.2) is 0 Å². The second-order valence-electron chi connectivity index (χ2n) is 6.50. The molecule has 0 saturated heterocycles. The summed E-state index contributed by atoms with van der Waals surface area (Å²) in [5.41, 5.74) is 1.80. The number of nitrogens with zero attached hydrogens (tertiary/aromatic N) is 3. The smallest absolute Gasteiger partial charge is 0.280 e. The topological polar surface area (TPSA) is 78.6 Å². The highest BCUT2D eigenvalue weighted by atomic mass is 16.3. The molecule has 0 radical (unpaired) electrons. The normalized spacial score (nSPS) is 10.9. The van der Waals surface area contributed by atoms with Gasteiger partial charge in [-0.2, -0.15) is 0 Å². The maximum Gasteiger partial charge on any atom is 0.280 e. The van der Waals surface area contributed by atoms with Gasteiger partial charge in [-0.15, -0.1) is 0 Å². The van der Waals surface area contributed by atoms with Crippen LogP contribution in [-0.2, 0) is 6.54 Å². The summed E-state index contributed by atoms with van der Waals surface area (Å²) in [6.07, 6.45) is 0. The number of fused-ring (bicyclic) bond motifs is 1. The van der Waals surface area contributed by atoms with Crippen LogP contribution in [0, 0.1) is 6.92 Å². The fourth-order valence-corrected chi connectivity index (χ4v) is 3.24. The number of hydrogen-bond donors (Lipinski definition) is 2. The van der Waals surface area contributed by atoms with Gasteiger partial charge in [0, 0.05) is 11.6 Å². The average molecular weight is 373 g/mol. The number of aromatic hydroxyl groups is 2. The Labute approximate surface area is 161 Å². The molecule has 1 aromatic heterocycles. The summed E-state index contributed by atoms with van der Waals surface area (Å²) in [7, 11) is 0. The van der Waals surface area contributed by atoms with Crippen LogP contribution in [-0.4, -0.2) is 19.9 Å². The number of phenolic OH excluding ortho intramolecular Hbond substituents is 2. The molecule has 0 aliphatic heterocycles. The van der Waals surface area contributed by atoms with Gasteiger partial charge in [-0.3, -0.25) is 9.80 Å². The summed E-state index contributed by atoms with van der Waals surface area (Å²) < 4.78 is 1.52. The summed E-state index contributed by atoms with van der Waals surface area (Å²) in [6, 6.07) is 21.1. The zero-order chi connectivity index (χ0) is 19.7. The van der Waals surface area contributed by atoms with Crippen LogP contribution in [0.5, 0.6) is 11.5 Å². The third kappa shape index (κ3) is 3.16. The molecular weight excluding hydrogens is 354 g/mol. The Bertz CT molecular complexity index is 1200. The summed E-state index contributed by atoms with van der Waals surface area (Å²) in [5, 5.41) is 22.1. The molecular formula is C22H19N3O3. The van der Waals surface area contributed by atoms with Crippen molar-refractivity contribution in [3.05, 3.63) is 94.5 Å². The molecule has 0 bridgehead atoms. The van der Waals surface area contributed by atoms with Crippen LogP contribution in [0.15, 0.2) is 77.6 Å². The zero-order valence-electron chi connectivity index (χ0n) is 15.3. The second kappa shape index (κ2) is 7.08. The van der Waals surface area contributed by atoms with Crippen molar-refractivity contribution in [2.75, 3.05) is 5.01 Å². The van der Waals surface area contributed by atoms with E-state index >= 15 is 0 Å². The Kier molecular flexibility index (Phi) is 4.45. The summed E-state index contributed by atoms with van der Waals surface area (Å²) >= 11 is 0. The number of aryl methyl sites for hydroxylation is 1. The first-order valence-electron chi connectivity index (χ1n) is 8.87. The molecule has 0 aliphatic carbocycles. The fourth-order valence-electron chi connectivity index (χ4n) is 3.24. The molecule has 4 aromatic rings. The summed E-state index contributed by atoms with van der Waals surface area (Å²) in [6.45, 7) is 2.00. The predicted molar refractivity (Wildman–Crippen MR) is 109 cm³/mol. The fraction of sp³-hybridized carbons (Fsp3) is 0.0909. The molecule has 28 heavy (non-hydrogen) atoms. The largest absolute Gasteiger partial charge is 0.508 e. The Hall–Kier alpha value is -3.80. The Morgan fingerprint density at radius 2 is 1.68 bits per heavy atom. The predicted octanol–water partition coefficient (Wildman–Crippen LogP) is 3.59. The molecule has 3 aromatic carbocycles. The average Bonchev–Trinajstić information content (AvgIpc) is 2.69. The molecule has 6 heteroatoms. The monoisotopic (exact) mass is 373 g/mol. The van der Waals surface area contributed by atoms with Crippen molar-refractivity contribution in [3.63, 3.8) is 0 Å². The van der Waals surface area contributed by atoms with Crippen molar-refractivity contribution < 1.29 is 10.2 Å². The minimum absolute atomic E-state index is 0.0202. The van der Waals surface area contributed by atoms with Gasteiger partial charge in [0.2, 0.25) is 0 Å². The maximum absolute atomic E-state index is 13.3. The first kappa shape index (κ1) is 17.6. The van der Waals surface area contributed by atoms with Crippen LogP contribution in [0.2, 0.25) is 0 Å². The van der Waals surface area contributed by atoms with Gasteiger partial charge < -0.3 is 10.2 Å². The second-order valence-corrected chi connectivity index (χ2v) is 6.50. The molecule has 0 fully saturated rings. The number of benzene rings is 3. The van der Waals surface area contributed by atoms with Gasteiger partial charge in [0.25, 0.3) is 5.56 Å². The molecule has 4 rings (SSSR count). The summed E-state index contributed by atoms with van der Waals surface area (Å²) in [5.74, 6) is 0.472. The first-order valence-corrected chi connectivity index (χ1v) is 8.87. The van der Waals surface area contributed by atoms with E-state index in [0.29, 0.717) is 22.3 Å². The molecule has 0 spiro atoms. The maximum atomic E-state index is 13.3. The van der Waals surface area contributed by atoms with Gasteiger partial charge in [-0.25, -0.2) is 9.66 Å². The van der Waals surface area contributed by atoms with Crippen LogP contribution in [0.3, 0.4) is 0 Å². The van der Waals surface area contributed by atoms with E-state index in [4.69, 9.17) is 0 Å². The van der Waals surface area contributed by atoms with E-state index in [0.717, 1.165) is 5.69 Å². The third-order valence-electron chi connectivity index (χ3n) is 4.60.